The monoisotopic (exact) mass is 259 g/mol. The maximum atomic E-state index is 11.5. The minimum atomic E-state index is -2.95. The molecule has 1 rings (SSSR count). The molecule has 1 aromatic rings. The van der Waals surface area contributed by atoms with Crippen molar-refractivity contribution in [1.82, 2.24) is 9.78 Å². The van der Waals surface area contributed by atoms with Crippen LogP contribution in [0.3, 0.4) is 0 Å². The van der Waals surface area contributed by atoms with E-state index in [0.29, 0.717) is 19.0 Å². The highest BCUT2D eigenvalue weighted by Gasteiger charge is 2.15. The summed E-state index contributed by atoms with van der Waals surface area (Å²) in [7, 11) is -2.95. The maximum Gasteiger partial charge on any atom is 0.151 e. The summed E-state index contributed by atoms with van der Waals surface area (Å²) in [5.41, 5.74) is 7.67. The lowest BCUT2D eigenvalue weighted by atomic mass is 10.1. The number of hydrogen-bond acceptors (Lipinski definition) is 4. The van der Waals surface area contributed by atoms with Crippen LogP contribution in [0, 0.1) is 0 Å². The fraction of sp³-hybridized carbons (Fsp3) is 0.727. The van der Waals surface area contributed by atoms with Gasteiger partial charge in [-0.25, -0.2) is 8.42 Å². The zero-order valence-corrected chi connectivity index (χ0v) is 11.5. The van der Waals surface area contributed by atoms with Gasteiger partial charge in [-0.1, -0.05) is 20.8 Å². The van der Waals surface area contributed by atoms with Crippen LogP contribution in [0.1, 0.15) is 37.9 Å². The molecule has 17 heavy (non-hydrogen) atoms. The first kappa shape index (κ1) is 14.2. The predicted molar refractivity (Wildman–Crippen MR) is 68.5 cm³/mol. The smallest absolute Gasteiger partial charge is 0.151 e. The third-order valence-corrected chi connectivity index (χ3v) is 4.46. The van der Waals surface area contributed by atoms with Gasteiger partial charge in [0.25, 0.3) is 0 Å². The largest absolute Gasteiger partial charge is 0.326 e. The van der Waals surface area contributed by atoms with Gasteiger partial charge in [0.15, 0.2) is 9.84 Å². The summed E-state index contributed by atoms with van der Waals surface area (Å²) < 4.78 is 24.7. The van der Waals surface area contributed by atoms with Gasteiger partial charge >= 0.3 is 0 Å². The van der Waals surface area contributed by atoms with Gasteiger partial charge in [-0.3, -0.25) is 4.68 Å². The average Bonchev–Trinajstić information content (AvgIpc) is 2.69. The second kappa shape index (κ2) is 5.64. The third kappa shape index (κ3) is 3.54. The number of sulfone groups is 1. The molecule has 1 aromatic heterocycles. The van der Waals surface area contributed by atoms with E-state index in [-0.39, 0.29) is 11.5 Å². The van der Waals surface area contributed by atoms with Crippen molar-refractivity contribution in [1.29, 1.82) is 0 Å². The molecule has 1 heterocycles. The summed E-state index contributed by atoms with van der Waals surface area (Å²) in [6, 6.07) is 0. The van der Waals surface area contributed by atoms with E-state index < -0.39 is 9.84 Å². The zero-order valence-electron chi connectivity index (χ0n) is 10.7. The van der Waals surface area contributed by atoms with Crippen LogP contribution in [-0.4, -0.2) is 29.7 Å². The SMILES string of the molecule is CCS(=O)(=O)CCn1ncc(CN)c1C(C)C. The molecule has 2 N–H and O–H groups in total. The van der Waals surface area contributed by atoms with E-state index >= 15 is 0 Å². The number of hydrogen-bond donors (Lipinski definition) is 1. The van der Waals surface area contributed by atoms with Gasteiger partial charge in [-0.15, -0.1) is 0 Å². The van der Waals surface area contributed by atoms with Crippen molar-refractivity contribution < 1.29 is 8.42 Å². The van der Waals surface area contributed by atoms with Crippen molar-refractivity contribution in [2.45, 2.75) is 39.8 Å². The highest BCUT2D eigenvalue weighted by atomic mass is 32.2. The van der Waals surface area contributed by atoms with Crippen LogP contribution in [0.15, 0.2) is 6.20 Å². The second-order valence-corrected chi connectivity index (χ2v) is 6.85. The topological polar surface area (TPSA) is 78.0 Å². The van der Waals surface area contributed by atoms with Gasteiger partial charge in [0.05, 0.1) is 18.5 Å². The van der Waals surface area contributed by atoms with E-state index in [1.165, 1.54) is 0 Å². The minimum absolute atomic E-state index is 0.134. The fourth-order valence-electron chi connectivity index (χ4n) is 1.81. The molecule has 0 aliphatic heterocycles. The molecule has 0 amide bonds. The molecule has 5 nitrogen and oxygen atoms in total. The molecule has 0 fully saturated rings. The first-order chi connectivity index (χ1) is 7.91. The first-order valence-electron chi connectivity index (χ1n) is 5.86. The Morgan fingerprint density at radius 3 is 2.59 bits per heavy atom. The van der Waals surface area contributed by atoms with Crippen LogP contribution in [0.5, 0.6) is 0 Å². The summed E-state index contributed by atoms with van der Waals surface area (Å²) in [5.74, 6) is 0.601. The molecule has 98 valence electrons. The summed E-state index contributed by atoms with van der Waals surface area (Å²) in [6.07, 6.45) is 1.73. The minimum Gasteiger partial charge on any atom is -0.326 e. The average molecular weight is 259 g/mol. The van der Waals surface area contributed by atoms with E-state index in [1.54, 1.807) is 17.8 Å². The summed E-state index contributed by atoms with van der Waals surface area (Å²) in [6.45, 7) is 6.62. The summed E-state index contributed by atoms with van der Waals surface area (Å²) >= 11 is 0. The van der Waals surface area contributed by atoms with Crippen molar-refractivity contribution in [3.8, 4) is 0 Å². The number of aromatic nitrogens is 2. The molecule has 0 atom stereocenters. The Labute approximate surface area is 103 Å². The van der Waals surface area contributed by atoms with Crippen LogP contribution in [0.25, 0.3) is 0 Å². The van der Waals surface area contributed by atoms with E-state index in [4.69, 9.17) is 5.73 Å². The molecule has 0 unspecified atom stereocenters. The molecule has 0 saturated carbocycles. The fourth-order valence-corrected chi connectivity index (χ4v) is 2.55. The van der Waals surface area contributed by atoms with Gasteiger partial charge in [0, 0.05) is 23.6 Å². The quantitative estimate of drug-likeness (QED) is 0.823. The lowest BCUT2D eigenvalue weighted by Crippen LogP contribution is -2.18. The Hall–Kier alpha value is -0.880. The number of nitrogens with zero attached hydrogens (tertiary/aromatic N) is 2. The van der Waals surface area contributed by atoms with Crippen LogP contribution in [0.2, 0.25) is 0 Å². The van der Waals surface area contributed by atoms with Crippen LogP contribution >= 0.6 is 0 Å². The van der Waals surface area contributed by atoms with Gasteiger partial charge in [0.2, 0.25) is 0 Å². The van der Waals surface area contributed by atoms with E-state index in [9.17, 15) is 8.42 Å². The second-order valence-electron chi connectivity index (χ2n) is 4.37. The predicted octanol–water partition coefficient (Wildman–Crippen LogP) is 0.900. The summed E-state index contributed by atoms with van der Waals surface area (Å²) in [4.78, 5) is 0. The van der Waals surface area contributed by atoms with Crippen LogP contribution in [0.4, 0.5) is 0 Å². The van der Waals surface area contributed by atoms with Crippen molar-refractivity contribution in [2.24, 2.45) is 5.73 Å². The Kier molecular flexibility index (Phi) is 4.70. The van der Waals surface area contributed by atoms with Crippen molar-refractivity contribution in [3.05, 3.63) is 17.5 Å². The summed E-state index contributed by atoms with van der Waals surface area (Å²) in [5, 5.41) is 4.22. The Morgan fingerprint density at radius 1 is 1.47 bits per heavy atom. The molecule has 0 aliphatic rings. The Bertz CT molecular complexity index is 463. The van der Waals surface area contributed by atoms with Crippen LogP contribution in [-0.2, 0) is 22.9 Å². The van der Waals surface area contributed by atoms with Gasteiger partial charge in [-0.05, 0) is 5.92 Å². The van der Waals surface area contributed by atoms with E-state index in [1.807, 2.05) is 0 Å². The molecule has 0 spiro atoms. The van der Waals surface area contributed by atoms with Crippen molar-refractivity contribution in [3.63, 3.8) is 0 Å². The maximum absolute atomic E-state index is 11.5. The molecular formula is C11H21N3O2S. The zero-order chi connectivity index (χ0) is 13.1. The highest BCUT2D eigenvalue weighted by molar-refractivity contribution is 7.91. The number of rotatable bonds is 6. The van der Waals surface area contributed by atoms with Crippen molar-refractivity contribution in [2.75, 3.05) is 11.5 Å². The van der Waals surface area contributed by atoms with Gasteiger partial charge < -0.3 is 5.73 Å². The molecule has 0 saturated heterocycles. The normalized spacial score (nSPS) is 12.3. The lowest BCUT2D eigenvalue weighted by molar-refractivity contribution is 0.565. The van der Waals surface area contributed by atoms with E-state index in [0.717, 1.165) is 11.3 Å². The Morgan fingerprint density at radius 2 is 2.12 bits per heavy atom. The number of nitrogens with two attached hydrogens (primary N) is 1. The molecule has 0 bridgehead atoms. The molecule has 0 aliphatic carbocycles. The Balaban J connectivity index is 2.89. The third-order valence-electron chi connectivity index (χ3n) is 2.78. The van der Waals surface area contributed by atoms with Crippen molar-refractivity contribution >= 4 is 9.84 Å². The highest BCUT2D eigenvalue weighted by Crippen LogP contribution is 2.19. The number of aryl methyl sites for hydroxylation is 1. The molecular weight excluding hydrogens is 238 g/mol. The first-order valence-corrected chi connectivity index (χ1v) is 7.68. The molecule has 0 aromatic carbocycles. The standard InChI is InChI=1S/C11H21N3O2S/c1-4-17(15,16)6-5-14-11(9(2)3)10(7-12)8-13-14/h8-9H,4-7,12H2,1-3H3. The lowest BCUT2D eigenvalue weighted by Gasteiger charge is -2.12. The van der Waals surface area contributed by atoms with Gasteiger partial charge in [-0.2, -0.15) is 5.10 Å². The molecule has 6 heteroatoms. The molecule has 0 radical (unpaired) electrons. The van der Waals surface area contributed by atoms with Gasteiger partial charge in [0.1, 0.15) is 0 Å². The van der Waals surface area contributed by atoms with E-state index in [2.05, 4.69) is 18.9 Å². The van der Waals surface area contributed by atoms with Crippen LogP contribution < -0.4 is 5.73 Å².